The molecule has 0 aromatic heterocycles. The zero-order valence-corrected chi connectivity index (χ0v) is 11.6. The fourth-order valence-electron chi connectivity index (χ4n) is 2.75. The number of carbonyl (C=O) groups is 1. The van der Waals surface area contributed by atoms with E-state index in [-0.39, 0.29) is 0 Å². The number of hydrogen-bond donors (Lipinski definition) is 2. The zero-order chi connectivity index (χ0) is 13.7. The summed E-state index contributed by atoms with van der Waals surface area (Å²) in [5.41, 5.74) is 2.00. The van der Waals surface area contributed by atoms with Crippen molar-refractivity contribution < 1.29 is 9.90 Å². The number of aryl methyl sites for hydroxylation is 1. The van der Waals surface area contributed by atoms with Crippen LogP contribution in [-0.2, 0) is 4.79 Å². The van der Waals surface area contributed by atoms with Crippen LogP contribution in [0.5, 0.6) is 0 Å². The van der Waals surface area contributed by atoms with Gasteiger partial charge in [0.25, 0.3) is 0 Å². The van der Waals surface area contributed by atoms with Crippen LogP contribution in [0.3, 0.4) is 0 Å². The number of benzene rings is 1. The molecule has 2 N–H and O–H groups in total. The van der Waals surface area contributed by atoms with Crippen molar-refractivity contribution in [2.75, 3.05) is 0 Å². The van der Waals surface area contributed by atoms with E-state index in [0.717, 1.165) is 24.0 Å². The fraction of sp³-hybridized carbons (Fsp3) is 0.562. The Hall–Kier alpha value is -1.35. The van der Waals surface area contributed by atoms with Gasteiger partial charge in [0.05, 0.1) is 0 Å². The zero-order valence-electron chi connectivity index (χ0n) is 11.6. The van der Waals surface area contributed by atoms with Gasteiger partial charge < -0.3 is 5.11 Å². The molecule has 1 fully saturated rings. The van der Waals surface area contributed by atoms with E-state index in [0.29, 0.717) is 6.04 Å². The minimum absolute atomic E-state index is 0.338. The van der Waals surface area contributed by atoms with Crippen LogP contribution in [0.15, 0.2) is 24.3 Å². The van der Waals surface area contributed by atoms with Crippen molar-refractivity contribution in [1.82, 2.24) is 5.32 Å². The third kappa shape index (κ3) is 4.06. The normalized spacial score (nSPS) is 18.8. The molecule has 1 unspecified atom stereocenters. The van der Waals surface area contributed by atoms with Crippen LogP contribution in [0.1, 0.15) is 55.7 Å². The van der Waals surface area contributed by atoms with E-state index in [9.17, 15) is 9.90 Å². The largest absolute Gasteiger partial charge is 0.480 e. The molecule has 1 aromatic carbocycles. The van der Waals surface area contributed by atoms with Gasteiger partial charge in [0, 0.05) is 6.04 Å². The predicted octanol–water partition coefficient (Wildman–Crippen LogP) is 3.43. The molecule has 1 aromatic rings. The maximum atomic E-state index is 11.5. The summed E-state index contributed by atoms with van der Waals surface area (Å²) in [5.74, 6) is -0.784. The van der Waals surface area contributed by atoms with Gasteiger partial charge in [-0.1, -0.05) is 55.5 Å². The third-order valence-electron chi connectivity index (χ3n) is 3.92. The quantitative estimate of drug-likeness (QED) is 0.816. The first kappa shape index (κ1) is 14.1. The Kier molecular flexibility index (Phi) is 4.97. The van der Waals surface area contributed by atoms with Crippen molar-refractivity contribution in [3.63, 3.8) is 0 Å². The van der Waals surface area contributed by atoms with Gasteiger partial charge in [-0.3, -0.25) is 10.1 Å². The Bertz CT molecular complexity index is 405. The van der Waals surface area contributed by atoms with Gasteiger partial charge in [0.15, 0.2) is 0 Å². The van der Waals surface area contributed by atoms with Gasteiger partial charge in [-0.05, 0) is 25.3 Å². The Morgan fingerprint density at radius 2 is 1.74 bits per heavy atom. The molecule has 0 spiro atoms. The van der Waals surface area contributed by atoms with Crippen molar-refractivity contribution in [2.24, 2.45) is 0 Å². The van der Waals surface area contributed by atoms with E-state index in [1.54, 1.807) is 0 Å². The molecule has 1 atom stereocenters. The molecule has 0 amide bonds. The fourth-order valence-corrected chi connectivity index (χ4v) is 2.75. The van der Waals surface area contributed by atoms with Crippen LogP contribution < -0.4 is 5.32 Å². The molecule has 1 aliphatic rings. The van der Waals surface area contributed by atoms with Crippen molar-refractivity contribution in [3.05, 3.63) is 35.4 Å². The molecule has 1 aliphatic carbocycles. The van der Waals surface area contributed by atoms with E-state index in [1.807, 2.05) is 31.2 Å². The van der Waals surface area contributed by atoms with Crippen LogP contribution >= 0.6 is 0 Å². The maximum Gasteiger partial charge on any atom is 0.325 e. The van der Waals surface area contributed by atoms with Crippen LogP contribution in [0, 0.1) is 6.92 Å². The summed E-state index contributed by atoms with van der Waals surface area (Å²) in [4.78, 5) is 11.5. The predicted molar refractivity (Wildman–Crippen MR) is 76.2 cm³/mol. The lowest BCUT2D eigenvalue weighted by atomic mass is 10.0. The number of carboxylic acids is 1. The van der Waals surface area contributed by atoms with E-state index in [2.05, 4.69) is 5.32 Å². The van der Waals surface area contributed by atoms with E-state index >= 15 is 0 Å². The van der Waals surface area contributed by atoms with Gasteiger partial charge in [-0.25, -0.2) is 0 Å². The van der Waals surface area contributed by atoms with Gasteiger partial charge in [0.1, 0.15) is 6.04 Å². The molecule has 2 rings (SSSR count). The highest BCUT2D eigenvalue weighted by molar-refractivity contribution is 5.75. The molecule has 3 heteroatoms. The summed E-state index contributed by atoms with van der Waals surface area (Å²) in [7, 11) is 0. The number of nitrogens with one attached hydrogen (secondary N) is 1. The first-order valence-corrected chi connectivity index (χ1v) is 7.22. The summed E-state index contributed by atoms with van der Waals surface area (Å²) in [5, 5.41) is 12.8. The Morgan fingerprint density at radius 3 is 2.26 bits per heavy atom. The molecule has 0 saturated heterocycles. The SMILES string of the molecule is Cc1ccc(C(NC2CCCCCC2)C(=O)O)cc1. The minimum Gasteiger partial charge on any atom is -0.480 e. The Labute approximate surface area is 115 Å². The number of hydrogen-bond acceptors (Lipinski definition) is 2. The first-order valence-electron chi connectivity index (χ1n) is 7.22. The van der Waals surface area contributed by atoms with Crippen molar-refractivity contribution in [1.29, 1.82) is 0 Å². The highest BCUT2D eigenvalue weighted by Gasteiger charge is 2.23. The number of rotatable bonds is 4. The van der Waals surface area contributed by atoms with Crippen molar-refractivity contribution in [2.45, 2.75) is 57.5 Å². The summed E-state index contributed by atoms with van der Waals surface area (Å²) >= 11 is 0. The molecule has 1 saturated carbocycles. The average Bonchev–Trinajstić information content (AvgIpc) is 2.65. The number of carboxylic acid groups (broad SMARTS) is 1. The standard InChI is InChI=1S/C16H23NO2/c1-12-8-10-13(11-9-12)15(16(18)19)17-14-6-4-2-3-5-7-14/h8-11,14-15,17H,2-7H2,1H3,(H,18,19). The Balaban J connectivity index is 2.07. The van der Waals surface area contributed by atoms with E-state index < -0.39 is 12.0 Å². The summed E-state index contributed by atoms with van der Waals surface area (Å²) in [6, 6.07) is 7.53. The summed E-state index contributed by atoms with van der Waals surface area (Å²) in [6.45, 7) is 2.01. The highest BCUT2D eigenvalue weighted by Crippen LogP contribution is 2.21. The second-order valence-electron chi connectivity index (χ2n) is 5.54. The molecule has 0 heterocycles. The van der Waals surface area contributed by atoms with E-state index in [1.165, 1.54) is 25.7 Å². The molecule has 19 heavy (non-hydrogen) atoms. The van der Waals surface area contributed by atoms with Gasteiger partial charge in [-0.2, -0.15) is 0 Å². The molecule has 0 radical (unpaired) electrons. The van der Waals surface area contributed by atoms with Gasteiger partial charge in [-0.15, -0.1) is 0 Å². The summed E-state index contributed by atoms with van der Waals surface area (Å²) in [6.07, 6.45) is 7.15. The smallest absolute Gasteiger partial charge is 0.325 e. The Morgan fingerprint density at radius 1 is 1.16 bits per heavy atom. The van der Waals surface area contributed by atoms with Crippen LogP contribution in [-0.4, -0.2) is 17.1 Å². The lowest BCUT2D eigenvalue weighted by Crippen LogP contribution is -2.36. The second kappa shape index (κ2) is 6.71. The molecule has 0 aliphatic heterocycles. The molecule has 0 bridgehead atoms. The summed E-state index contributed by atoms with van der Waals surface area (Å²) < 4.78 is 0. The lowest BCUT2D eigenvalue weighted by Gasteiger charge is -2.22. The lowest BCUT2D eigenvalue weighted by molar-refractivity contribution is -0.140. The van der Waals surface area contributed by atoms with Crippen LogP contribution in [0.4, 0.5) is 0 Å². The topological polar surface area (TPSA) is 49.3 Å². The van der Waals surface area contributed by atoms with Gasteiger partial charge >= 0.3 is 5.97 Å². The van der Waals surface area contributed by atoms with Crippen molar-refractivity contribution >= 4 is 5.97 Å². The maximum absolute atomic E-state index is 11.5. The van der Waals surface area contributed by atoms with Gasteiger partial charge in [0.2, 0.25) is 0 Å². The third-order valence-corrected chi connectivity index (χ3v) is 3.92. The van der Waals surface area contributed by atoms with Crippen LogP contribution in [0.2, 0.25) is 0 Å². The molecular weight excluding hydrogens is 238 g/mol. The number of aliphatic carboxylic acids is 1. The van der Waals surface area contributed by atoms with E-state index in [4.69, 9.17) is 0 Å². The monoisotopic (exact) mass is 261 g/mol. The molecular formula is C16H23NO2. The highest BCUT2D eigenvalue weighted by atomic mass is 16.4. The minimum atomic E-state index is -0.784. The van der Waals surface area contributed by atoms with Crippen LogP contribution in [0.25, 0.3) is 0 Å². The molecule has 3 nitrogen and oxygen atoms in total. The molecule has 104 valence electrons. The average molecular weight is 261 g/mol. The van der Waals surface area contributed by atoms with Crippen molar-refractivity contribution in [3.8, 4) is 0 Å². The first-order chi connectivity index (χ1) is 9.16. The second-order valence-corrected chi connectivity index (χ2v) is 5.54.